The molecule has 0 spiro atoms. The topological polar surface area (TPSA) is 65.6 Å². The molecule has 1 amide bonds. The Hall–Kier alpha value is -1.85. The number of aliphatic hydroxyl groups is 1. The Kier molecular flexibility index (Phi) is 3.23. The number of morpholine rings is 1. The molecule has 2 N–H and O–H groups in total. The van der Waals surface area contributed by atoms with Gasteiger partial charge in [-0.05, 0) is 12.1 Å². The Bertz CT molecular complexity index is 560. The number of hydrogen-bond acceptors (Lipinski definition) is 3. The van der Waals surface area contributed by atoms with Crippen LogP contribution >= 0.6 is 0 Å². The standard InChI is InChI=1S/C14H16N2O3/c17-8-11-9-19-6-5-16(11)14(18)13-7-10-3-1-2-4-12(10)15-13/h1-4,7,11,15,17H,5-6,8-9H2. The summed E-state index contributed by atoms with van der Waals surface area (Å²) in [6.45, 7) is 1.34. The maximum Gasteiger partial charge on any atom is 0.270 e. The summed E-state index contributed by atoms with van der Waals surface area (Å²) >= 11 is 0. The smallest absolute Gasteiger partial charge is 0.270 e. The summed E-state index contributed by atoms with van der Waals surface area (Å²) in [6.07, 6.45) is 0. The highest BCUT2D eigenvalue weighted by atomic mass is 16.5. The molecule has 0 saturated carbocycles. The van der Waals surface area contributed by atoms with E-state index >= 15 is 0 Å². The van der Waals surface area contributed by atoms with Crippen LogP contribution in [0.15, 0.2) is 30.3 Å². The molecule has 1 unspecified atom stereocenters. The van der Waals surface area contributed by atoms with Crippen LogP contribution in [-0.4, -0.2) is 53.3 Å². The molecule has 1 atom stereocenters. The van der Waals surface area contributed by atoms with Gasteiger partial charge in [-0.2, -0.15) is 0 Å². The summed E-state index contributed by atoms with van der Waals surface area (Å²) < 4.78 is 5.28. The molecule has 2 aromatic rings. The highest BCUT2D eigenvalue weighted by Crippen LogP contribution is 2.18. The molecule has 1 aromatic heterocycles. The lowest BCUT2D eigenvalue weighted by Crippen LogP contribution is -2.50. The Morgan fingerprint density at radius 1 is 1.47 bits per heavy atom. The molecule has 1 saturated heterocycles. The summed E-state index contributed by atoms with van der Waals surface area (Å²) in [5, 5.41) is 10.3. The first-order chi connectivity index (χ1) is 9.29. The van der Waals surface area contributed by atoms with Crippen molar-refractivity contribution in [1.82, 2.24) is 9.88 Å². The fourth-order valence-electron chi connectivity index (χ4n) is 2.42. The minimum atomic E-state index is -0.257. The van der Waals surface area contributed by atoms with Gasteiger partial charge in [0.2, 0.25) is 0 Å². The molecular weight excluding hydrogens is 244 g/mol. The first-order valence-corrected chi connectivity index (χ1v) is 6.37. The van der Waals surface area contributed by atoms with Crippen molar-refractivity contribution in [2.75, 3.05) is 26.4 Å². The molecule has 0 radical (unpaired) electrons. The number of H-pyrrole nitrogens is 1. The van der Waals surface area contributed by atoms with Crippen LogP contribution in [-0.2, 0) is 4.74 Å². The van der Waals surface area contributed by atoms with Crippen molar-refractivity contribution in [2.24, 2.45) is 0 Å². The van der Waals surface area contributed by atoms with Gasteiger partial charge in [-0.25, -0.2) is 0 Å². The minimum Gasteiger partial charge on any atom is -0.394 e. The number of benzene rings is 1. The summed E-state index contributed by atoms with van der Waals surface area (Å²) in [4.78, 5) is 17.3. The molecule has 19 heavy (non-hydrogen) atoms. The second kappa shape index (κ2) is 5.03. The number of fused-ring (bicyclic) bond motifs is 1. The fourth-order valence-corrected chi connectivity index (χ4v) is 2.42. The van der Waals surface area contributed by atoms with E-state index in [2.05, 4.69) is 4.98 Å². The third kappa shape index (κ3) is 2.22. The number of aromatic amines is 1. The van der Waals surface area contributed by atoms with Crippen LogP contribution in [0, 0.1) is 0 Å². The van der Waals surface area contributed by atoms with E-state index in [0.717, 1.165) is 10.9 Å². The first-order valence-electron chi connectivity index (χ1n) is 6.37. The van der Waals surface area contributed by atoms with E-state index < -0.39 is 0 Å². The van der Waals surface area contributed by atoms with Gasteiger partial charge in [0.1, 0.15) is 5.69 Å². The van der Waals surface area contributed by atoms with Crippen LogP contribution in [0.4, 0.5) is 0 Å². The molecule has 1 fully saturated rings. The molecule has 1 aromatic carbocycles. The molecule has 100 valence electrons. The van der Waals surface area contributed by atoms with Gasteiger partial charge in [-0.15, -0.1) is 0 Å². The summed E-state index contributed by atoms with van der Waals surface area (Å²) in [5.74, 6) is -0.0847. The Labute approximate surface area is 110 Å². The van der Waals surface area contributed by atoms with Crippen molar-refractivity contribution in [2.45, 2.75) is 6.04 Å². The van der Waals surface area contributed by atoms with Crippen molar-refractivity contribution in [3.8, 4) is 0 Å². The van der Waals surface area contributed by atoms with E-state index in [1.165, 1.54) is 0 Å². The Morgan fingerprint density at radius 2 is 2.32 bits per heavy atom. The van der Waals surface area contributed by atoms with E-state index in [-0.39, 0.29) is 18.6 Å². The molecular formula is C14H16N2O3. The lowest BCUT2D eigenvalue weighted by atomic mass is 10.2. The summed E-state index contributed by atoms with van der Waals surface area (Å²) in [7, 11) is 0. The number of ether oxygens (including phenoxy) is 1. The predicted molar refractivity (Wildman–Crippen MR) is 71.0 cm³/mol. The van der Waals surface area contributed by atoms with Gasteiger partial charge >= 0.3 is 0 Å². The quantitative estimate of drug-likeness (QED) is 0.846. The SMILES string of the molecule is O=C(c1cc2ccccc2[nH]1)N1CCOCC1CO. The average Bonchev–Trinajstić information content (AvgIpc) is 2.90. The predicted octanol–water partition coefficient (Wildman–Crippen LogP) is 1.00. The van der Waals surface area contributed by atoms with Gasteiger partial charge in [0.05, 0.1) is 25.9 Å². The van der Waals surface area contributed by atoms with Gasteiger partial charge in [0, 0.05) is 17.4 Å². The second-order valence-corrected chi connectivity index (χ2v) is 4.68. The highest BCUT2D eigenvalue weighted by Gasteiger charge is 2.28. The molecule has 5 nitrogen and oxygen atoms in total. The van der Waals surface area contributed by atoms with Crippen LogP contribution in [0.5, 0.6) is 0 Å². The van der Waals surface area contributed by atoms with Crippen molar-refractivity contribution in [3.63, 3.8) is 0 Å². The normalized spacial score (nSPS) is 19.8. The number of hydrogen-bond donors (Lipinski definition) is 2. The van der Waals surface area contributed by atoms with Gasteiger partial charge < -0.3 is 19.7 Å². The third-order valence-electron chi connectivity index (χ3n) is 3.46. The van der Waals surface area contributed by atoms with Crippen LogP contribution in [0.3, 0.4) is 0 Å². The maximum atomic E-state index is 12.5. The van der Waals surface area contributed by atoms with E-state index in [1.54, 1.807) is 4.90 Å². The van der Waals surface area contributed by atoms with Crippen molar-refractivity contribution >= 4 is 16.8 Å². The average molecular weight is 260 g/mol. The number of aliphatic hydroxyl groups excluding tert-OH is 1. The summed E-state index contributed by atoms with van der Waals surface area (Å²) in [6, 6.07) is 9.36. The maximum absolute atomic E-state index is 12.5. The zero-order valence-corrected chi connectivity index (χ0v) is 10.5. The van der Waals surface area contributed by atoms with Gasteiger partial charge in [-0.1, -0.05) is 18.2 Å². The molecule has 2 heterocycles. The molecule has 0 aliphatic carbocycles. The van der Waals surface area contributed by atoms with Crippen LogP contribution in [0.1, 0.15) is 10.5 Å². The molecule has 3 rings (SSSR count). The van der Waals surface area contributed by atoms with E-state index in [0.29, 0.717) is 25.5 Å². The van der Waals surface area contributed by atoms with Crippen LogP contribution in [0.2, 0.25) is 0 Å². The zero-order valence-electron chi connectivity index (χ0n) is 10.5. The molecule has 5 heteroatoms. The van der Waals surface area contributed by atoms with Crippen molar-refractivity contribution in [3.05, 3.63) is 36.0 Å². The molecule has 0 bridgehead atoms. The van der Waals surface area contributed by atoms with Crippen molar-refractivity contribution < 1.29 is 14.6 Å². The zero-order chi connectivity index (χ0) is 13.2. The lowest BCUT2D eigenvalue weighted by molar-refractivity contribution is -0.0186. The number of amides is 1. The number of nitrogens with zero attached hydrogens (tertiary/aromatic N) is 1. The summed E-state index contributed by atoms with van der Waals surface area (Å²) in [5.41, 5.74) is 1.50. The monoisotopic (exact) mass is 260 g/mol. The number of para-hydroxylation sites is 1. The number of carbonyl (C=O) groups excluding carboxylic acids is 1. The van der Waals surface area contributed by atoms with E-state index in [4.69, 9.17) is 4.74 Å². The second-order valence-electron chi connectivity index (χ2n) is 4.68. The van der Waals surface area contributed by atoms with Crippen molar-refractivity contribution in [1.29, 1.82) is 0 Å². The largest absolute Gasteiger partial charge is 0.394 e. The van der Waals surface area contributed by atoms with E-state index in [1.807, 2.05) is 30.3 Å². The van der Waals surface area contributed by atoms with Gasteiger partial charge in [0.25, 0.3) is 5.91 Å². The lowest BCUT2D eigenvalue weighted by Gasteiger charge is -2.34. The van der Waals surface area contributed by atoms with Crippen LogP contribution < -0.4 is 0 Å². The number of carbonyl (C=O) groups is 1. The highest BCUT2D eigenvalue weighted by molar-refractivity contribution is 5.98. The minimum absolute atomic E-state index is 0.0774. The molecule has 1 aliphatic heterocycles. The van der Waals surface area contributed by atoms with Gasteiger partial charge in [-0.3, -0.25) is 4.79 Å². The number of aromatic nitrogens is 1. The Balaban J connectivity index is 1.89. The Morgan fingerprint density at radius 3 is 3.11 bits per heavy atom. The number of nitrogens with one attached hydrogen (secondary N) is 1. The fraction of sp³-hybridized carbons (Fsp3) is 0.357. The van der Waals surface area contributed by atoms with E-state index in [9.17, 15) is 9.90 Å². The van der Waals surface area contributed by atoms with Gasteiger partial charge in [0.15, 0.2) is 0 Å². The number of rotatable bonds is 2. The third-order valence-corrected chi connectivity index (χ3v) is 3.46. The molecule has 1 aliphatic rings. The van der Waals surface area contributed by atoms with Crippen LogP contribution in [0.25, 0.3) is 10.9 Å². The first kappa shape index (κ1) is 12.2.